The molecule has 48 heavy (non-hydrogen) atoms. The molecule has 3 atom stereocenters. The van der Waals surface area contributed by atoms with Gasteiger partial charge in [0.2, 0.25) is 6.54 Å². The van der Waals surface area contributed by atoms with Gasteiger partial charge in [0, 0.05) is 43.3 Å². The molecule has 6 rings (SSSR count). The summed E-state index contributed by atoms with van der Waals surface area (Å²) in [5.74, 6) is -1.17. The number of carbonyl (C=O) groups is 1. The third-order valence-corrected chi connectivity index (χ3v) is 9.04. The fraction of sp³-hybridized carbons (Fsp3) is 0.441. The number of anilines is 1. The largest absolute Gasteiger partial charge is 0.462 e. The van der Waals surface area contributed by atoms with Crippen LogP contribution < -0.4 is 9.64 Å². The second-order valence-electron chi connectivity index (χ2n) is 13.1. The van der Waals surface area contributed by atoms with Crippen LogP contribution in [0.25, 0.3) is 37.8 Å². The SMILES string of the molecule is [C-]#[N+]C[C@H]1CN(c2nc(OC[C@@H]3[C@@H](F)CCN3C)nc3c(F)c(-c4cccc5ccc(F)c(Cl)c45)ncc23)CCN1C(=O)OC(C)(C)C. The van der Waals surface area contributed by atoms with Crippen molar-refractivity contribution in [2.24, 2.45) is 0 Å². The maximum Gasteiger partial charge on any atom is 0.410 e. The van der Waals surface area contributed by atoms with Gasteiger partial charge in [0.1, 0.15) is 47.3 Å². The molecule has 0 bridgehead atoms. The van der Waals surface area contributed by atoms with Gasteiger partial charge in [-0.2, -0.15) is 9.97 Å². The van der Waals surface area contributed by atoms with Gasteiger partial charge in [-0.1, -0.05) is 35.9 Å². The predicted molar refractivity (Wildman–Crippen MR) is 177 cm³/mol. The number of likely N-dealkylation sites (tertiary alicyclic amines) is 1. The molecule has 10 nitrogen and oxygen atoms in total. The number of halogens is 4. The summed E-state index contributed by atoms with van der Waals surface area (Å²) >= 11 is 6.37. The minimum Gasteiger partial charge on any atom is -0.462 e. The number of piperazine rings is 1. The highest BCUT2D eigenvalue weighted by Crippen LogP contribution is 2.38. The zero-order valence-corrected chi connectivity index (χ0v) is 27.8. The molecule has 2 aliphatic rings. The van der Waals surface area contributed by atoms with Crippen molar-refractivity contribution in [3.05, 3.63) is 64.6 Å². The molecule has 4 aromatic rings. The van der Waals surface area contributed by atoms with E-state index in [1.54, 1.807) is 52.1 Å². The number of amides is 1. The summed E-state index contributed by atoms with van der Waals surface area (Å²) in [5.41, 5.74) is -0.664. The minimum atomic E-state index is -1.10. The van der Waals surface area contributed by atoms with Crippen molar-refractivity contribution in [1.29, 1.82) is 0 Å². The van der Waals surface area contributed by atoms with Gasteiger partial charge >= 0.3 is 12.1 Å². The molecule has 0 unspecified atom stereocenters. The average molecular weight is 682 g/mol. The highest BCUT2D eigenvalue weighted by atomic mass is 35.5. The van der Waals surface area contributed by atoms with E-state index in [0.717, 1.165) is 0 Å². The van der Waals surface area contributed by atoms with E-state index in [-0.39, 0.29) is 71.8 Å². The maximum absolute atomic E-state index is 16.7. The fourth-order valence-corrected chi connectivity index (χ4v) is 6.52. The number of likely N-dealkylation sites (N-methyl/N-ethyl adjacent to an activating group) is 1. The average Bonchev–Trinajstić information content (AvgIpc) is 3.37. The third kappa shape index (κ3) is 6.51. The van der Waals surface area contributed by atoms with E-state index in [1.807, 2.05) is 9.80 Å². The van der Waals surface area contributed by atoms with Crippen LogP contribution in [0, 0.1) is 18.2 Å². The zero-order valence-electron chi connectivity index (χ0n) is 27.0. The van der Waals surface area contributed by atoms with Crippen LogP contribution in [0.1, 0.15) is 27.2 Å². The summed E-state index contributed by atoms with van der Waals surface area (Å²) in [7, 11) is 1.80. The molecule has 4 heterocycles. The van der Waals surface area contributed by atoms with Crippen molar-refractivity contribution in [3.63, 3.8) is 0 Å². The molecule has 2 fully saturated rings. The Hall–Kier alpha value is -4.41. The molecule has 0 aliphatic carbocycles. The Labute approximate surface area is 281 Å². The van der Waals surface area contributed by atoms with Gasteiger partial charge in [-0.25, -0.2) is 24.5 Å². The van der Waals surface area contributed by atoms with Crippen molar-refractivity contribution >= 4 is 45.2 Å². The van der Waals surface area contributed by atoms with Gasteiger partial charge < -0.3 is 19.2 Å². The van der Waals surface area contributed by atoms with Crippen LogP contribution in [0.2, 0.25) is 5.02 Å². The lowest BCUT2D eigenvalue weighted by Gasteiger charge is -2.40. The lowest BCUT2D eigenvalue weighted by Crippen LogP contribution is -2.57. The third-order valence-electron chi connectivity index (χ3n) is 8.67. The van der Waals surface area contributed by atoms with Gasteiger partial charge in [-0.3, -0.25) is 14.8 Å². The van der Waals surface area contributed by atoms with E-state index in [2.05, 4.69) is 19.8 Å². The van der Waals surface area contributed by atoms with Crippen LogP contribution in [0.15, 0.2) is 36.5 Å². The van der Waals surface area contributed by atoms with E-state index in [4.69, 9.17) is 27.6 Å². The minimum absolute atomic E-state index is 0.00315. The summed E-state index contributed by atoms with van der Waals surface area (Å²) in [4.78, 5) is 35.3. The highest BCUT2D eigenvalue weighted by Gasteiger charge is 2.37. The lowest BCUT2D eigenvalue weighted by molar-refractivity contribution is 0.0155. The van der Waals surface area contributed by atoms with Crippen LogP contribution >= 0.6 is 11.6 Å². The standard InChI is InChI=1S/C34H35ClF3N7O3/c1-34(2,3)48-33(46)45-14-13-44(17-20(45)15-39-4)31-22-16-40-29(21-8-6-7-19-9-10-24(37)27(35)26(19)21)28(38)30(22)41-32(42-31)47-18-25-23(36)11-12-43(25)5/h6-10,16,20,23,25H,11-15,17-18H2,1-3,5H3/t20-,23-,25+/m0/s1. The Kier molecular flexibility index (Phi) is 9.24. The first-order chi connectivity index (χ1) is 22.9. The summed E-state index contributed by atoms with van der Waals surface area (Å²) in [6.45, 7) is 14.0. The van der Waals surface area contributed by atoms with E-state index in [9.17, 15) is 13.6 Å². The van der Waals surface area contributed by atoms with Gasteiger partial charge in [0.15, 0.2) is 5.82 Å². The number of aromatic nitrogens is 3. The molecule has 252 valence electrons. The number of nitrogens with zero attached hydrogens (tertiary/aromatic N) is 7. The van der Waals surface area contributed by atoms with Crippen LogP contribution in [0.5, 0.6) is 6.01 Å². The van der Waals surface area contributed by atoms with Crippen molar-refractivity contribution in [2.75, 3.05) is 51.3 Å². The number of fused-ring (bicyclic) bond motifs is 2. The Bertz CT molecular complexity index is 1910. The van der Waals surface area contributed by atoms with Gasteiger partial charge in [0.25, 0.3) is 0 Å². The summed E-state index contributed by atoms with van der Waals surface area (Å²) in [6, 6.07) is 6.60. The van der Waals surface area contributed by atoms with E-state index in [0.29, 0.717) is 23.7 Å². The van der Waals surface area contributed by atoms with Crippen molar-refractivity contribution in [2.45, 2.75) is 51.0 Å². The zero-order chi connectivity index (χ0) is 34.3. The van der Waals surface area contributed by atoms with Gasteiger partial charge in [0.05, 0.1) is 16.5 Å². The number of ether oxygens (including phenoxy) is 2. The molecule has 0 N–H and O–H groups in total. The molecule has 2 aliphatic heterocycles. The van der Waals surface area contributed by atoms with Crippen molar-refractivity contribution in [3.8, 4) is 17.3 Å². The van der Waals surface area contributed by atoms with Crippen LogP contribution in [0.4, 0.5) is 23.8 Å². The van der Waals surface area contributed by atoms with Gasteiger partial charge in [-0.15, -0.1) is 0 Å². The molecule has 2 aromatic heterocycles. The predicted octanol–water partition coefficient (Wildman–Crippen LogP) is 6.54. The first-order valence-electron chi connectivity index (χ1n) is 15.6. The second kappa shape index (κ2) is 13.2. The monoisotopic (exact) mass is 681 g/mol. The maximum atomic E-state index is 16.7. The number of hydrogen-bond donors (Lipinski definition) is 0. The van der Waals surface area contributed by atoms with Crippen molar-refractivity contribution < 1.29 is 27.4 Å². The first kappa shape index (κ1) is 33.5. The second-order valence-corrected chi connectivity index (χ2v) is 13.4. The van der Waals surface area contributed by atoms with Gasteiger partial charge in [-0.05, 0) is 45.7 Å². The molecular weight excluding hydrogens is 647 g/mol. The van der Waals surface area contributed by atoms with Crippen LogP contribution in [-0.2, 0) is 4.74 Å². The summed E-state index contributed by atoms with van der Waals surface area (Å²) < 4.78 is 57.4. The number of benzene rings is 2. The molecule has 2 saturated heterocycles. The fourth-order valence-electron chi connectivity index (χ4n) is 6.25. The van der Waals surface area contributed by atoms with Crippen LogP contribution in [-0.4, -0.2) is 101 Å². The van der Waals surface area contributed by atoms with Crippen LogP contribution in [0.3, 0.4) is 0 Å². The molecular formula is C34H35ClF3N7O3. The Morgan fingerprint density at radius 3 is 2.65 bits per heavy atom. The molecule has 1 amide bonds. The van der Waals surface area contributed by atoms with Crippen molar-refractivity contribution in [1.82, 2.24) is 24.8 Å². The number of rotatable bonds is 6. The molecule has 0 radical (unpaired) electrons. The summed E-state index contributed by atoms with van der Waals surface area (Å²) in [6.07, 6.45) is 0.174. The Morgan fingerprint density at radius 2 is 1.94 bits per heavy atom. The summed E-state index contributed by atoms with van der Waals surface area (Å²) in [5, 5.41) is 0.999. The number of alkyl halides is 1. The van der Waals surface area contributed by atoms with E-state index < -0.39 is 41.6 Å². The Morgan fingerprint density at radius 1 is 1.15 bits per heavy atom. The molecule has 0 spiro atoms. The Balaban J connectivity index is 1.44. The molecule has 14 heteroatoms. The topological polar surface area (TPSA) is 88.3 Å². The smallest absolute Gasteiger partial charge is 0.410 e. The molecule has 0 saturated carbocycles. The lowest BCUT2D eigenvalue weighted by atomic mass is 10.0. The quantitative estimate of drug-likeness (QED) is 0.212. The number of pyridine rings is 1. The number of carbonyl (C=O) groups excluding carboxylic acids is 1. The normalized spacial score (nSPS) is 20.4. The number of hydrogen-bond acceptors (Lipinski definition) is 8. The van der Waals surface area contributed by atoms with E-state index in [1.165, 1.54) is 17.2 Å². The highest BCUT2D eigenvalue weighted by molar-refractivity contribution is 6.36. The molecule has 2 aromatic carbocycles. The first-order valence-corrected chi connectivity index (χ1v) is 16.0. The van der Waals surface area contributed by atoms with E-state index >= 15 is 4.39 Å².